The highest BCUT2D eigenvalue weighted by atomic mass is 16.2. The fourth-order valence-electron chi connectivity index (χ4n) is 6.01. The van der Waals surface area contributed by atoms with Gasteiger partial charge in [0, 0.05) is 43.4 Å². The maximum Gasteiger partial charge on any atom is 0.243 e. The third kappa shape index (κ3) is 8.54. The van der Waals surface area contributed by atoms with Gasteiger partial charge in [0.05, 0.1) is 6.04 Å². The number of hydrogen-bond donors (Lipinski definition) is 4. The van der Waals surface area contributed by atoms with Gasteiger partial charge in [0.15, 0.2) is 5.78 Å². The van der Waals surface area contributed by atoms with Gasteiger partial charge in [0.1, 0.15) is 12.1 Å². The van der Waals surface area contributed by atoms with E-state index in [0.29, 0.717) is 19.4 Å². The van der Waals surface area contributed by atoms with Crippen LogP contribution in [-0.2, 0) is 38.4 Å². The summed E-state index contributed by atoms with van der Waals surface area (Å²) in [5, 5.41) is 8.92. The lowest BCUT2D eigenvalue weighted by Gasteiger charge is -2.30. The van der Waals surface area contributed by atoms with E-state index in [2.05, 4.69) is 15.6 Å². The second-order valence-electron chi connectivity index (χ2n) is 12.3. The van der Waals surface area contributed by atoms with Crippen molar-refractivity contribution in [3.8, 4) is 0 Å². The molecule has 1 heterocycles. The second kappa shape index (κ2) is 16.0. The van der Waals surface area contributed by atoms with Gasteiger partial charge in [-0.05, 0) is 59.8 Å². The van der Waals surface area contributed by atoms with E-state index in [1.807, 2.05) is 103 Å². The number of nitrogens with two attached hydrogens (primary N) is 1. The minimum atomic E-state index is -1.03. The van der Waals surface area contributed by atoms with Crippen LogP contribution in [0.4, 0.5) is 0 Å². The molecule has 0 fully saturated rings. The van der Waals surface area contributed by atoms with E-state index in [0.717, 1.165) is 38.4 Å². The third-order valence-corrected chi connectivity index (χ3v) is 8.82. The summed E-state index contributed by atoms with van der Waals surface area (Å²) in [6, 6.07) is 28.4. The Labute approximate surface area is 280 Å². The number of aromatic amines is 1. The highest BCUT2D eigenvalue weighted by molar-refractivity contribution is 5.95. The lowest BCUT2D eigenvalue weighted by atomic mass is 9.98. The van der Waals surface area contributed by atoms with Crippen molar-refractivity contribution in [2.75, 3.05) is 13.6 Å². The summed E-state index contributed by atoms with van der Waals surface area (Å²) in [5.41, 5.74) is 9.21. The normalized spacial score (nSPS) is 13.1. The van der Waals surface area contributed by atoms with Gasteiger partial charge in [-0.1, -0.05) is 91.0 Å². The van der Waals surface area contributed by atoms with Crippen LogP contribution >= 0.6 is 0 Å². The number of para-hydroxylation sites is 1. The van der Waals surface area contributed by atoms with Gasteiger partial charge < -0.3 is 26.3 Å². The number of carbonyl (C=O) groups is 4. The number of Topliss-reactive ketones (excluding diaryl/α,β-unsaturated/α-hetero) is 1. The fourth-order valence-corrected chi connectivity index (χ4v) is 6.01. The number of H-pyrrole nitrogens is 1. The summed E-state index contributed by atoms with van der Waals surface area (Å²) in [5.74, 6) is -1.34. The number of benzene rings is 4. The first-order chi connectivity index (χ1) is 23.2. The van der Waals surface area contributed by atoms with E-state index < -0.39 is 29.9 Å². The lowest BCUT2D eigenvalue weighted by Crippen LogP contribution is -2.57. The summed E-state index contributed by atoms with van der Waals surface area (Å²) in [7, 11) is 1.62. The van der Waals surface area contributed by atoms with Crippen molar-refractivity contribution >= 4 is 45.2 Å². The topological polar surface area (TPSA) is 137 Å². The van der Waals surface area contributed by atoms with Gasteiger partial charge in [-0.25, -0.2) is 0 Å². The van der Waals surface area contributed by atoms with Crippen molar-refractivity contribution in [3.63, 3.8) is 0 Å². The highest BCUT2D eigenvalue weighted by Gasteiger charge is 2.32. The molecule has 0 bridgehead atoms. The van der Waals surface area contributed by atoms with Crippen molar-refractivity contribution in [2.24, 2.45) is 5.73 Å². The third-order valence-electron chi connectivity index (χ3n) is 8.82. The van der Waals surface area contributed by atoms with Crippen LogP contribution in [-0.4, -0.2) is 65.1 Å². The Kier molecular flexibility index (Phi) is 11.4. The smallest absolute Gasteiger partial charge is 0.243 e. The predicted octanol–water partition coefficient (Wildman–Crippen LogP) is 4.47. The fraction of sp³-hybridized carbons (Fsp3) is 0.282. The number of nitrogens with one attached hydrogen (secondary N) is 3. The summed E-state index contributed by atoms with van der Waals surface area (Å²) in [6.45, 7) is 1.80. The Bertz CT molecular complexity index is 1890. The molecule has 9 heteroatoms. The Morgan fingerprint density at radius 3 is 2.19 bits per heavy atom. The number of nitrogens with zero attached hydrogens (tertiary/aromatic N) is 1. The molecule has 0 aliphatic rings. The molecule has 5 aromatic rings. The van der Waals surface area contributed by atoms with Gasteiger partial charge >= 0.3 is 0 Å². The summed E-state index contributed by atoms with van der Waals surface area (Å²) >= 11 is 0. The maximum atomic E-state index is 14.3. The average molecular weight is 646 g/mol. The van der Waals surface area contributed by atoms with Crippen LogP contribution < -0.4 is 16.4 Å². The molecule has 5 rings (SSSR count). The Morgan fingerprint density at radius 2 is 1.44 bits per heavy atom. The number of amides is 3. The van der Waals surface area contributed by atoms with E-state index in [-0.39, 0.29) is 31.0 Å². The van der Waals surface area contributed by atoms with Gasteiger partial charge in [-0.3, -0.25) is 19.2 Å². The van der Waals surface area contributed by atoms with Crippen LogP contribution in [0.5, 0.6) is 0 Å². The molecule has 0 aliphatic carbocycles. The first kappa shape index (κ1) is 34.1. The van der Waals surface area contributed by atoms with Gasteiger partial charge in [0.25, 0.3) is 0 Å². The molecule has 0 saturated carbocycles. The van der Waals surface area contributed by atoms with E-state index in [1.54, 1.807) is 7.05 Å². The zero-order valence-electron chi connectivity index (χ0n) is 27.4. The summed E-state index contributed by atoms with van der Waals surface area (Å²) < 4.78 is 0. The number of hydrogen-bond acceptors (Lipinski definition) is 5. The largest absolute Gasteiger partial charge is 0.361 e. The van der Waals surface area contributed by atoms with Gasteiger partial charge in [-0.15, -0.1) is 0 Å². The number of aromatic nitrogens is 1. The molecule has 0 radical (unpaired) electrons. The van der Waals surface area contributed by atoms with Crippen molar-refractivity contribution < 1.29 is 19.2 Å². The number of fused-ring (bicyclic) bond motifs is 2. The number of rotatable bonds is 15. The molecule has 248 valence electrons. The van der Waals surface area contributed by atoms with Crippen LogP contribution in [0, 0.1) is 0 Å². The standard InChI is InChI=1S/C39H43N5O4/c1-26(45)34(22-27-11-4-3-5-12-27)42-38(47)35(24-31-25-41-33-16-9-8-15-32(31)33)43-39(48)36(44(2)37(46)17-10-20-40)23-28-18-19-29-13-6-7-14-30(29)21-28/h3-9,11-16,18-19,21,25,34-36,41H,10,17,20,22-24,40H2,1-2H3,(H,42,47)(H,43,48). The molecular weight excluding hydrogens is 602 g/mol. The van der Waals surface area contributed by atoms with Crippen LogP contribution in [0.25, 0.3) is 21.7 Å². The molecule has 9 nitrogen and oxygen atoms in total. The second-order valence-corrected chi connectivity index (χ2v) is 12.3. The zero-order chi connectivity index (χ0) is 34.0. The monoisotopic (exact) mass is 645 g/mol. The lowest BCUT2D eigenvalue weighted by molar-refractivity contribution is -0.140. The Morgan fingerprint density at radius 1 is 0.750 bits per heavy atom. The van der Waals surface area contributed by atoms with Crippen LogP contribution in [0.3, 0.4) is 0 Å². The van der Waals surface area contributed by atoms with Crippen molar-refractivity contribution in [1.82, 2.24) is 20.5 Å². The molecule has 0 spiro atoms. The Hall–Kier alpha value is -5.28. The minimum absolute atomic E-state index is 0.172. The van der Waals surface area contributed by atoms with Crippen molar-refractivity contribution in [2.45, 2.75) is 57.2 Å². The maximum absolute atomic E-state index is 14.3. The molecule has 3 amide bonds. The van der Waals surface area contributed by atoms with Crippen molar-refractivity contribution in [1.29, 1.82) is 0 Å². The van der Waals surface area contributed by atoms with E-state index in [4.69, 9.17) is 5.73 Å². The quantitative estimate of drug-likeness (QED) is 0.133. The number of likely N-dealkylation sites (N-methyl/N-ethyl adjacent to an activating group) is 1. The molecule has 0 aliphatic heterocycles. The SMILES string of the molecule is CC(=O)C(Cc1ccccc1)NC(=O)C(Cc1c[nH]c2ccccc12)NC(=O)C(Cc1ccc2ccccc2c1)N(C)C(=O)CCCN. The average Bonchev–Trinajstić information content (AvgIpc) is 3.51. The van der Waals surface area contributed by atoms with E-state index in [1.165, 1.54) is 11.8 Å². The molecule has 4 aromatic carbocycles. The highest BCUT2D eigenvalue weighted by Crippen LogP contribution is 2.21. The van der Waals surface area contributed by atoms with E-state index >= 15 is 0 Å². The molecule has 3 unspecified atom stereocenters. The van der Waals surface area contributed by atoms with Gasteiger partial charge in [-0.2, -0.15) is 0 Å². The van der Waals surface area contributed by atoms with Crippen LogP contribution in [0.2, 0.25) is 0 Å². The molecular formula is C39H43N5O4. The van der Waals surface area contributed by atoms with Crippen molar-refractivity contribution in [3.05, 3.63) is 120 Å². The zero-order valence-corrected chi connectivity index (χ0v) is 27.4. The minimum Gasteiger partial charge on any atom is -0.361 e. The molecule has 0 saturated heterocycles. The predicted molar refractivity (Wildman–Crippen MR) is 189 cm³/mol. The first-order valence-electron chi connectivity index (χ1n) is 16.4. The number of carbonyl (C=O) groups excluding carboxylic acids is 4. The van der Waals surface area contributed by atoms with Crippen LogP contribution in [0.1, 0.15) is 36.5 Å². The molecule has 5 N–H and O–H groups in total. The number of ketones is 1. The Balaban J connectivity index is 1.44. The van der Waals surface area contributed by atoms with Crippen LogP contribution in [0.15, 0.2) is 103 Å². The van der Waals surface area contributed by atoms with Gasteiger partial charge in [0.2, 0.25) is 17.7 Å². The molecule has 48 heavy (non-hydrogen) atoms. The molecule has 1 aromatic heterocycles. The summed E-state index contributed by atoms with van der Waals surface area (Å²) in [6.07, 6.45) is 3.26. The summed E-state index contributed by atoms with van der Waals surface area (Å²) in [4.78, 5) is 58.9. The first-order valence-corrected chi connectivity index (χ1v) is 16.4. The van der Waals surface area contributed by atoms with E-state index in [9.17, 15) is 19.2 Å². The molecule has 3 atom stereocenters.